The molecular weight excluding hydrogens is 274 g/mol. The van der Waals surface area contributed by atoms with Gasteiger partial charge in [0, 0.05) is 44.2 Å². The first-order valence-corrected chi connectivity index (χ1v) is 8.21. The van der Waals surface area contributed by atoms with Crippen molar-refractivity contribution in [3.05, 3.63) is 35.9 Å². The molecule has 22 heavy (non-hydrogen) atoms. The molecule has 1 saturated heterocycles. The smallest absolute Gasteiger partial charge is 0.222 e. The average molecular weight is 303 g/mol. The normalized spacial score (nSPS) is 19.9. The highest BCUT2D eigenvalue weighted by molar-refractivity contribution is 5.76. The highest BCUT2D eigenvalue weighted by Gasteiger charge is 2.35. The molecule has 1 unspecified atom stereocenters. The standard InChI is InChI=1S/C18H29N3O/c1-15(19)9-10-17(22)20-11-12-21(18(2,3)14-20)13-16-7-5-4-6-8-16/h4-8,15H,9-14,19H2,1-3H3. The van der Waals surface area contributed by atoms with Gasteiger partial charge in [0.2, 0.25) is 5.91 Å². The Kier molecular flexibility index (Phi) is 5.59. The minimum Gasteiger partial charge on any atom is -0.340 e. The molecule has 1 fully saturated rings. The predicted molar refractivity (Wildman–Crippen MR) is 90.4 cm³/mol. The first-order chi connectivity index (χ1) is 10.4. The number of amides is 1. The van der Waals surface area contributed by atoms with Gasteiger partial charge in [0.15, 0.2) is 0 Å². The largest absolute Gasteiger partial charge is 0.340 e. The summed E-state index contributed by atoms with van der Waals surface area (Å²) in [5.74, 6) is 0.240. The van der Waals surface area contributed by atoms with E-state index in [1.807, 2.05) is 17.9 Å². The van der Waals surface area contributed by atoms with Crippen LogP contribution in [0.25, 0.3) is 0 Å². The van der Waals surface area contributed by atoms with Gasteiger partial charge in [0.05, 0.1) is 0 Å². The fourth-order valence-corrected chi connectivity index (χ4v) is 3.01. The average Bonchev–Trinajstić information content (AvgIpc) is 2.47. The second-order valence-electron chi connectivity index (χ2n) is 7.05. The van der Waals surface area contributed by atoms with Crippen LogP contribution in [0.3, 0.4) is 0 Å². The van der Waals surface area contributed by atoms with Crippen LogP contribution in [-0.2, 0) is 11.3 Å². The lowest BCUT2D eigenvalue weighted by Crippen LogP contribution is -2.60. The second-order valence-corrected chi connectivity index (χ2v) is 7.05. The lowest BCUT2D eigenvalue weighted by atomic mass is 9.97. The minimum atomic E-state index is -0.00190. The molecule has 1 atom stereocenters. The van der Waals surface area contributed by atoms with Crippen LogP contribution >= 0.6 is 0 Å². The maximum absolute atomic E-state index is 12.3. The first-order valence-electron chi connectivity index (χ1n) is 8.21. The van der Waals surface area contributed by atoms with Gasteiger partial charge in [-0.1, -0.05) is 30.3 Å². The Morgan fingerprint density at radius 1 is 1.27 bits per heavy atom. The van der Waals surface area contributed by atoms with Crippen molar-refractivity contribution in [2.75, 3.05) is 19.6 Å². The molecule has 2 rings (SSSR count). The Hall–Kier alpha value is -1.39. The van der Waals surface area contributed by atoms with Crippen molar-refractivity contribution in [2.45, 2.75) is 51.7 Å². The molecule has 0 aliphatic carbocycles. The number of nitrogens with zero attached hydrogens (tertiary/aromatic N) is 2. The Labute approximate surface area is 134 Å². The van der Waals surface area contributed by atoms with Crippen molar-refractivity contribution in [1.82, 2.24) is 9.80 Å². The van der Waals surface area contributed by atoms with Crippen LogP contribution < -0.4 is 5.73 Å². The summed E-state index contributed by atoms with van der Waals surface area (Å²) >= 11 is 0. The first kappa shape index (κ1) is 17.0. The zero-order chi connectivity index (χ0) is 16.2. The van der Waals surface area contributed by atoms with Gasteiger partial charge in [-0.05, 0) is 32.8 Å². The molecule has 4 heteroatoms. The van der Waals surface area contributed by atoms with Crippen LogP contribution in [-0.4, -0.2) is 46.9 Å². The molecule has 0 saturated carbocycles. The van der Waals surface area contributed by atoms with Crippen LogP contribution in [0, 0.1) is 0 Å². The molecule has 0 radical (unpaired) electrons. The van der Waals surface area contributed by atoms with E-state index in [0.717, 1.165) is 32.6 Å². The van der Waals surface area contributed by atoms with Gasteiger partial charge >= 0.3 is 0 Å². The SMILES string of the molecule is CC(N)CCC(=O)N1CCN(Cc2ccccc2)C(C)(C)C1. The fraction of sp³-hybridized carbons (Fsp3) is 0.611. The summed E-state index contributed by atoms with van der Waals surface area (Å²) in [5, 5.41) is 0. The third kappa shape index (κ3) is 4.55. The summed E-state index contributed by atoms with van der Waals surface area (Å²) < 4.78 is 0. The van der Waals surface area contributed by atoms with Crippen LogP contribution in [0.2, 0.25) is 0 Å². The number of carbonyl (C=O) groups excluding carboxylic acids is 1. The molecule has 1 heterocycles. The summed E-state index contributed by atoms with van der Waals surface area (Å²) in [6, 6.07) is 10.6. The van der Waals surface area contributed by atoms with Crippen molar-refractivity contribution in [3.8, 4) is 0 Å². The maximum atomic E-state index is 12.3. The van der Waals surface area contributed by atoms with E-state index in [0.29, 0.717) is 6.42 Å². The van der Waals surface area contributed by atoms with Crippen molar-refractivity contribution < 1.29 is 4.79 Å². The van der Waals surface area contributed by atoms with Gasteiger partial charge in [0.25, 0.3) is 0 Å². The number of carbonyl (C=O) groups is 1. The lowest BCUT2D eigenvalue weighted by molar-refractivity contribution is -0.136. The lowest BCUT2D eigenvalue weighted by Gasteiger charge is -2.47. The van der Waals surface area contributed by atoms with Crippen molar-refractivity contribution in [3.63, 3.8) is 0 Å². The fourth-order valence-electron chi connectivity index (χ4n) is 3.01. The zero-order valence-electron chi connectivity index (χ0n) is 14.1. The predicted octanol–water partition coefficient (Wildman–Crippen LogP) is 2.24. The van der Waals surface area contributed by atoms with Crippen molar-refractivity contribution in [2.24, 2.45) is 5.73 Å². The zero-order valence-corrected chi connectivity index (χ0v) is 14.1. The molecule has 1 aliphatic heterocycles. The van der Waals surface area contributed by atoms with E-state index in [1.165, 1.54) is 5.56 Å². The van der Waals surface area contributed by atoms with Crippen LogP contribution in [0.1, 0.15) is 39.2 Å². The highest BCUT2D eigenvalue weighted by atomic mass is 16.2. The van der Waals surface area contributed by atoms with Gasteiger partial charge < -0.3 is 10.6 Å². The molecule has 4 nitrogen and oxygen atoms in total. The van der Waals surface area contributed by atoms with E-state index in [4.69, 9.17) is 5.73 Å². The molecule has 0 bridgehead atoms. The number of benzene rings is 1. The van der Waals surface area contributed by atoms with Gasteiger partial charge in [-0.3, -0.25) is 9.69 Å². The number of piperazine rings is 1. The minimum absolute atomic E-state index is 0.00190. The number of nitrogens with two attached hydrogens (primary N) is 1. The van der Waals surface area contributed by atoms with Crippen LogP contribution in [0.4, 0.5) is 0 Å². The second kappa shape index (κ2) is 7.25. The van der Waals surface area contributed by atoms with Crippen molar-refractivity contribution >= 4 is 5.91 Å². The third-order valence-corrected chi connectivity index (χ3v) is 4.46. The van der Waals surface area contributed by atoms with Gasteiger partial charge in [0.1, 0.15) is 0 Å². The third-order valence-electron chi connectivity index (χ3n) is 4.46. The number of hydrogen-bond donors (Lipinski definition) is 1. The van der Waals surface area contributed by atoms with E-state index in [9.17, 15) is 4.79 Å². The molecule has 122 valence electrons. The Morgan fingerprint density at radius 2 is 1.95 bits per heavy atom. The van der Waals surface area contributed by atoms with Gasteiger partial charge in [-0.25, -0.2) is 0 Å². The molecule has 1 amide bonds. The summed E-state index contributed by atoms with van der Waals surface area (Å²) in [5.41, 5.74) is 7.08. The van der Waals surface area contributed by atoms with E-state index in [1.54, 1.807) is 0 Å². The molecule has 0 aromatic heterocycles. The van der Waals surface area contributed by atoms with Gasteiger partial charge in [-0.2, -0.15) is 0 Å². The number of rotatable bonds is 5. The monoisotopic (exact) mass is 303 g/mol. The molecule has 1 aromatic carbocycles. The summed E-state index contributed by atoms with van der Waals surface area (Å²) in [7, 11) is 0. The summed E-state index contributed by atoms with van der Waals surface area (Å²) in [4.78, 5) is 16.8. The summed E-state index contributed by atoms with van der Waals surface area (Å²) in [6.07, 6.45) is 1.33. The quantitative estimate of drug-likeness (QED) is 0.907. The topological polar surface area (TPSA) is 49.6 Å². The molecule has 1 aromatic rings. The molecule has 2 N–H and O–H groups in total. The molecule has 0 spiro atoms. The van der Waals surface area contributed by atoms with E-state index in [-0.39, 0.29) is 17.5 Å². The maximum Gasteiger partial charge on any atom is 0.222 e. The Balaban J connectivity index is 1.93. The molecule has 1 aliphatic rings. The Morgan fingerprint density at radius 3 is 2.55 bits per heavy atom. The van der Waals surface area contributed by atoms with E-state index in [2.05, 4.69) is 43.0 Å². The summed E-state index contributed by atoms with van der Waals surface area (Å²) in [6.45, 7) is 9.87. The van der Waals surface area contributed by atoms with E-state index < -0.39 is 0 Å². The number of hydrogen-bond acceptors (Lipinski definition) is 3. The van der Waals surface area contributed by atoms with Gasteiger partial charge in [-0.15, -0.1) is 0 Å². The Bertz CT molecular complexity index is 484. The van der Waals surface area contributed by atoms with Crippen LogP contribution in [0.5, 0.6) is 0 Å². The van der Waals surface area contributed by atoms with E-state index >= 15 is 0 Å². The highest BCUT2D eigenvalue weighted by Crippen LogP contribution is 2.24. The molecular formula is C18H29N3O. The van der Waals surface area contributed by atoms with Crippen molar-refractivity contribution in [1.29, 1.82) is 0 Å². The van der Waals surface area contributed by atoms with Crippen LogP contribution in [0.15, 0.2) is 30.3 Å².